The van der Waals surface area contributed by atoms with E-state index in [1.165, 1.54) is 0 Å². The Morgan fingerprint density at radius 3 is 2.43 bits per heavy atom. The highest BCUT2D eigenvalue weighted by Crippen LogP contribution is 2.20. The lowest BCUT2D eigenvalue weighted by molar-refractivity contribution is -0.148. The van der Waals surface area contributed by atoms with Crippen molar-refractivity contribution in [1.82, 2.24) is 10.2 Å². The van der Waals surface area contributed by atoms with E-state index in [0.717, 1.165) is 12.0 Å². The SMILES string of the molecule is CC(C)NCC(=O)N1CCC[C@H]1C(=O)Nc1ccc(COC(=O)C(C)C)cc1. The van der Waals surface area contributed by atoms with Gasteiger partial charge in [-0.15, -0.1) is 0 Å². The van der Waals surface area contributed by atoms with Gasteiger partial charge in [-0.2, -0.15) is 0 Å². The number of amides is 2. The van der Waals surface area contributed by atoms with Crippen LogP contribution in [0.25, 0.3) is 0 Å². The predicted molar refractivity (Wildman–Crippen MR) is 108 cm³/mol. The summed E-state index contributed by atoms with van der Waals surface area (Å²) in [6.45, 7) is 8.60. The Kier molecular flexibility index (Phi) is 7.99. The minimum atomic E-state index is -0.437. The minimum absolute atomic E-state index is 0.0475. The lowest BCUT2D eigenvalue weighted by Crippen LogP contribution is -2.47. The average molecular weight is 389 g/mol. The summed E-state index contributed by atoms with van der Waals surface area (Å²) >= 11 is 0. The summed E-state index contributed by atoms with van der Waals surface area (Å²) < 4.78 is 5.20. The first-order chi connectivity index (χ1) is 13.3. The maximum absolute atomic E-state index is 12.6. The van der Waals surface area contributed by atoms with Crippen molar-refractivity contribution >= 4 is 23.5 Å². The predicted octanol–water partition coefficient (Wildman–Crippen LogP) is 2.31. The number of nitrogens with zero attached hydrogens (tertiary/aromatic N) is 1. The molecule has 7 nitrogen and oxygen atoms in total. The topological polar surface area (TPSA) is 87.7 Å². The summed E-state index contributed by atoms with van der Waals surface area (Å²) in [6.07, 6.45) is 1.49. The zero-order valence-electron chi connectivity index (χ0n) is 17.2. The summed E-state index contributed by atoms with van der Waals surface area (Å²) in [4.78, 5) is 38.2. The normalized spacial score (nSPS) is 16.5. The minimum Gasteiger partial charge on any atom is -0.461 e. The second-order valence-electron chi connectivity index (χ2n) is 7.73. The molecule has 0 aromatic heterocycles. The number of likely N-dealkylation sites (tertiary alicyclic amines) is 1. The van der Waals surface area contributed by atoms with Crippen LogP contribution in [-0.2, 0) is 25.7 Å². The zero-order chi connectivity index (χ0) is 20.7. The molecule has 1 aliphatic heterocycles. The first-order valence-electron chi connectivity index (χ1n) is 9.87. The molecule has 28 heavy (non-hydrogen) atoms. The third-order valence-electron chi connectivity index (χ3n) is 4.61. The van der Waals surface area contributed by atoms with Crippen molar-refractivity contribution in [2.45, 2.75) is 59.2 Å². The maximum Gasteiger partial charge on any atom is 0.308 e. The van der Waals surface area contributed by atoms with Crippen molar-refractivity contribution in [2.75, 3.05) is 18.4 Å². The van der Waals surface area contributed by atoms with Crippen LogP contribution in [0.3, 0.4) is 0 Å². The van der Waals surface area contributed by atoms with Crippen LogP contribution in [0.4, 0.5) is 5.69 Å². The monoisotopic (exact) mass is 389 g/mol. The molecule has 1 aromatic carbocycles. The molecule has 0 bridgehead atoms. The van der Waals surface area contributed by atoms with Crippen LogP contribution in [0.1, 0.15) is 46.1 Å². The first-order valence-corrected chi connectivity index (χ1v) is 9.87. The van der Waals surface area contributed by atoms with Crippen LogP contribution in [0, 0.1) is 5.92 Å². The van der Waals surface area contributed by atoms with E-state index in [9.17, 15) is 14.4 Å². The third kappa shape index (κ3) is 6.34. The van der Waals surface area contributed by atoms with Crippen LogP contribution in [0.5, 0.6) is 0 Å². The molecule has 154 valence electrons. The van der Waals surface area contributed by atoms with Crippen molar-refractivity contribution in [3.8, 4) is 0 Å². The molecular formula is C21H31N3O4. The Balaban J connectivity index is 1.89. The summed E-state index contributed by atoms with van der Waals surface area (Å²) in [7, 11) is 0. The Hall–Kier alpha value is -2.41. The fourth-order valence-electron chi connectivity index (χ4n) is 2.96. The molecule has 1 aliphatic rings. The van der Waals surface area contributed by atoms with Crippen molar-refractivity contribution in [2.24, 2.45) is 5.92 Å². The van der Waals surface area contributed by atoms with Crippen LogP contribution < -0.4 is 10.6 Å². The van der Waals surface area contributed by atoms with Gasteiger partial charge in [0, 0.05) is 18.3 Å². The van der Waals surface area contributed by atoms with Crippen molar-refractivity contribution in [1.29, 1.82) is 0 Å². The van der Waals surface area contributed by atoms with Gasteiger partial charge in [-0.25, -0.2) is 0 Å². The summed E-state index contributed by atoms with van der Waals surface area (Å²) in [6, 6.07) is 6.96. The number of esters is 1. The van der Waals surface area contributed by atoms with E-state index < -0.39 is 6.04 Å². The zero-order valence-corrected chi connectivity index (χ0v) is 17.2. The molecule has 1 atom stereocenters. The molecular weight excluding hydrogens is 358 g/mol. The van der Waals surface area contributed by atoms with Crippen molar-refractivity contribution in [3.63, 3.8) is 0 Å². The molecule has 1 aromatic rings. The number of carbonyl (C=O) groups is 3. The number of rotatable bonds is 8. The van der Waals surface area contributed by atoms with Gasteiger partial charge < -0.3 is 20.3 Å². The van der Waals surface area contributed by atoms with Gasteiger partial charge in [0.2, 0.25) is 11.8 Å². The number of benzene rings is 1. The van der Waals surface area contributed by atoms with Gasteiger partial charge in [-0.1, -0.05) is 39.8 Å². The lowest BCUT2D eigenvalue weighted by atomic mass is 10.1. The Morgan fingerprint density at radius 1 is 1.14 bits per heavy atom. The van der Waals surface area contributed by atoms with E-state index in [1.807, 2.05) is 26.0 Å². The largest absolute Gasteiger partial charge is 0.461 e. The van der Waals surface area contributed by atoms with Gasteiger partial charge in [-0.05, 0) is 30.5 Å². The smallest absolute Gasteiger partial charge is 0.308 e. The third-order valence-corrected chi connectivity index (χ3v) is 4.61. The highest BCUT2D eigenvalue weighted by molar-refractivity contribution is 5.97. The van der Waals surface area contributed by atoms with Gasteiger partial charge in [0.25, 0.3) is 0 Å². The Labute approximate surface area is 166 Å². The highest BCUT2D eigenvalue weighted by Gasteiger charge is 2.33. The second kappa shape index (κ2) is 10.2. The summed E-state index contributed by atoms with van der Waals surface area (Å²) in [5.41, 5.74) is 1.51. The maximum atomic E-state index is 12.6. The summed E-state index contributed by atoms with van der Waals surface area (Å²) in [5.74, 6) is -0.621. The van der Waals surface area contributed by atoms with E-state index in [4.69, 9.17) is 4.74 Å². The number of hydrogen-bond acceptors (Lipinski definition) is 5. The fourth-order valence-corrected chi connectivity index (χ4v) is 2.96. The average Bonchev–Trinajstić information content (AvgIpc) is 3.15. The van der Waals surface area contributed by atoms with Crippen molar-refractivity contribution in [3.05, 3.63) is 29.8 Å². The fraction of sp³-hybridized carbons (Fsp3) is 0.571. The molecule has 2 rings (SSSR count). The molecule has 2 N–H and O–H groups in total. The van der Waals surface area contributed by atoms with Gasteiger partial charge in [0.05, 0.1) is 12.5 Å². The van der Waals surface area contributed by atoms with Crippen LogP contribution in [-0.4, -0.2) is 47.9 Å². The van der Waals surface area contributed by atoms with Crippen molar-refractivity contribution < 1.29 is 19.1 Å². The van der Waals surface area contributed by atoms with E-state index in [0.29, 0.717) is 18.7 Å². The standard InChI is InChI=1S/C21H31N3O4/c1-14(2)21(27)28-13-16-7-9-17(10-8-16)23-20(26)18-6-5-11-24(18)19(25)12-22-15(3)4/h7-10,14-15,18,22H,5-6,11-13H2,1-4H3,(H,23,26)/t18-/m0/s1. The quantitative estimate of drug-likeness (QED) is 0.666. The van der Waals surface area contributed by atoms with Gasteiger partial charge in [0.1, 0.15) is 12.6 Å². The molecule has 0 saturated carbocycles. The van der Waals surface area contributed by atoms with Crippen LogP contribution in [0.2, 0.25) is 0 Å². The Bertz CT molecular complexity index is 685. The van der Waals surface area contributed by atoms with Crippen LogP contribution in [0.15, 0.2) is 24.3 Å². The molecule has 1 fully saturated rings. The molecule has 0 spiro atoms. The lowest BCUT2D eigenvalue weighted by Gasteiger charge is -2.24. The number of anilines is 1. The van der Waals surface area contributed by atoms with E-state index in [1.54, 1.807) is 30.9 Å². The molecule has 0 unspecified atom stereocenters. The Morgan fingerprint density at radius 2 is 1.82 bits per heavy atom. The van der Waals surface area contributed by atoms with E-state index in [-0.39, 0.29) is 42.9 Å². The van der Waals surface area contributed by atoms with Crippen LogP contribution >= 0.6 is 0 Å². The highest BCUT2D eigenvalue weighted by atomic mass is 16.5. The van der Waals surface area contributed by atoms with Gasteiger partial charge in [0.15, 0.2) is 0 Å². The molecule has 0 aliphatic carbocycles. The van der Waals surface area contributed by atoms with Gasteiger partial charge >= 0.3 is 5.97 Å². The number of nitrogens with one attached hydrogen (secondary N) is 2. The second-order valence-corrected chi connectivity index (χ2v) is 7.73. The summed E-state index contributed by atoms with van der Waals surface area (Å²) in [5, 5.41) is 5.99. The molecule has 7 heteroatoms. The number of carbonyl (C=O) groups excluding carboxylic acids is 3. The molecule has 2 amide bonds. The van der Waals surface area contributed by atoms with Gasteiger partial charge in [-0.3, -0.25) is 14.4 Å². The number of ether oxygens (including phenoxy) is 1. The molecule has 1 saturated heterocycles. The molecule has 1 heterocycles. The van der Waals surface area contributed by atoms with E-state index in [2.05, 4.69) is 10.6 Å². The number of hydrogen-bond donors (Lipinski definition) is 2. The van der Waals surface area contributed by atoms with E-state index >= 15 is 0 Å². The molecule has 0 radical (unpaired) electrons. The first kappa shape index (κ1) is 21.9.